The number of Topliss-reactive ketones (excluding diaryl/α,β-unsaturated/α-hetero) is 1. The topological polar surface area (TPSA) is 83.6 Å². The van der Waals surface area contributed by atoms with Gasteiger partial charge < -0.3 is 5.32 Å². The minimum absolute atomic E-state index is 0.0990. The number of hydrogen-bond donors (Lipinski definition) is 1. The van der Waals surface area contributed by atoms with Gasteiger partial charge in [-0.2, -0.15) is 0 Å². The number of benzene rings is 1. The van der Waals surface area contributed by atoms with Crippen LogP contribution in [0.2, 0.25) is 0 Å². The SMILES string of the molecule is CC(=O)c1cccc(NC(=O)[C@H](C)N2C(=O)C3CCCCC3C2=O)c1. The normalized spacial score (nSPS) is 24.0. The molecule has 0 aromatic heterocycles. The lowest BCUT2D eigenvalue weighted by atomic mass is 9.81. The van der Waals surface area contributed by atoms with Gasteiger partial charge in [-0.1, -0.05) is 25.0 Å². The van der Waals surface area contributed by atoms with Crippen LogP contribution in [0, 0.1) is 11.8 Å². The van der Waals surface area contributed by atoms with E-state index in [1.807, 2.05) is 0 Å². The molecule has 2 aliphatic rings. The van der Waals surface area contributed by atoms with E-state index in [4.69, 9.17) is 0 Å². The van der Waals surface area contributed by atoms with Crippen molar-refractivity contribution in [3.8, 4) is 0 Å². The number of likely N-dealkylation sites (tertiary alicyclic amines) is 1. The van der Waals surface area contributed by atoms with Crippen molar-refractivity contribution in [1.29, 1.82) is 0 Å². The second kappa shape index (κ2) is 6.78. The fourth-order valence-electron chi connectivity index (χ4n) is 3.75. The fraction of sp³-hybridized carbons (Fsp3) is 0.474. The molecule has 0 bridgehead atoms. The molecular formula is C19H22N2O4. The Morgan fingerprint density at radius 1 is 1.12 bits per heavy atom. The Hall–Kier alpha value is -2.50. The van der Waals surface area contributed by atoms with Gasteiger partial charge in [0, 0.05) is 11.3 Å². The standard InChI is InChI=1S/C19H22N2O4/c1-11(17(23)20-14-7-5-6-13(10-14)12(2)22)21-18(24)15-8-3-4-9-16(15)19(21)25/h5-7,10-11,15-16H,3-4,8-9H2,1-2H3,(H,20,23)/t11-,15?,16?/m0/s1. The van der Waals surface area contributed by atoms with Gasteiger partial charge in [0.1, 0.15) is 6.04 Å². The first-order valence-electron chi connectivity index (χ1n) is 8.69. The average Bonchev–Trinajstić information content (AvgIpc) is 2.86. The van der Waals surface area contributed by atoms with Gasteiger partial charge in [-0.3, -0.25) is 24.1 Å². The van der Waals surface area contributed by atoms with E-state index in [9.17, 15) is 19.2 Å². The van der Waals surface area contributed by atoms with Gasteiger partial charge in [-0.15, -0.1) is 0 Å². The maximum absolute atomic E-state index is 12.6. The molecule has 1 N–H and O–H groups in total. The lowest BCUT2D eigenvalue weighted by Gasteiger charge is -2.22. The summed E-state index contributed by atoms with van der Waals surface area (Å²) in [4.78, 5) is 50.3. The zero-order chi connectivity index (χ0) is 18.1. The Labute approximate surface area is 146 Å². The van der Waals surface area contributed by atoms with Crippen LogP contribution >= 0.6 is 0 Å². The molecule has 0 radical (unpaired) electrons. The largest absolute Gasteiger partial charge is 0.324 e. The quantitative estimate of drug-likeness (QED) is 0.673. The molecule has 3 amide bonds. The monoisotopic (exact) mass is 342 g/mol. The van der Waals surface area contributed by atoms with Gasteiger partial charge in [-0.05, 0) is 38.8 Å². The predicted octanol–water partition coefficient (Wildman–Crippen LogP) is 2.39. The van der Waals surface area contributed by atoms with E-state index in [0.717, 1.165) is 30.6 Å². The molecule has 1 aromatic carbocycles. The molecule has 0 spiro atoms. The van der Waals surface area contributed by atoms with E-state index in [0.29, 0.717) is 11.3 Å². The van der Waals surface area contributed by atoms with Crippen molar-refractivity contribution >= 4 is 29.2 Å². The maximum Gasteiger partial charge on any atom is 0.247 e. The Balaban J connectivity index is 1.74. The zero-order valence-corrected chi connectivity index (χ0v) is 14.5. The third kappa shape index (κ3) is 3.21. The van der Waals surface area contributed by atoms with E-state index in [-0.39, 0.29) is 29.4 Å². The molecule has 1 saturated heterocycles. The van der Waals surface area contributed by atoms with Crippen molar-refractivity contribution in [1.82, 2.24) is 4.90 Å². The van der Waals surface area contributed by atoms with E-state index >= 15 is 0 Å². The van der Waals surface area contributed by atoms with Crippen molar-refractivity contribution in [3.63, 3.8) is 0 Å². The molecule has 2 unspecified atom stereocenters. The Kier molecular flexibility index (Phi) is 4.70. The molecule has 3 atom stereocenters. The van der Waals surface area contributed by atoms with Gasteiger partial charge in [0.25, 0.3) is 0 Å². The summed E-state index contributed by atoms with van der Waals surface area (Å²) in [5.41, 5.74) is 0.964. The molecule has 1 aromatic rings. The van der Waals surface area contributed by atoms with Crippen LogP contribution in [0.5, 0.6) is 0 Å². The Morgan fingerprint density at radius 3 is 2.28 bits per heavy atom. The van der Waals surface area contributed by atoms with Crippen LogP contribution in [0.4, 0.5) is 5.69 Å². The van der Waals surface area contributed by atoms with Crippen LogP contribution < -0.4 is 5.32 Å². The number of nitrogens with zero attached hydrogens (tertiary/aromatic N) is 1. The molecule has 3 rings (SSSR count). The predicted molar refractivity (Wildman–Crippen MR) is 91.8 cm³/mol. The second-order valence-corrected chi connectivity index (χ2v) is 6.85. The molecule has 1 heterocycles. The van der Waals surface area contributed by atoms with Gasteiger partial charge in [0.05, 0.1) is 11.8 Å². The third-order valence-corrected chi connectivity index (χ3v) is 5.18. The molecule has 6 heteroatoms. The number of carbonyl (C=O) groups excluding carboxylic acids is 4. The Morgan fingerprint density at radius 2 is 1.72 bits per heavy atom. The lowest BCUT2D eigenvalue weighted by molar-refractivity contribution is -0.146. The molecule has 1 saturated carbocycles. The third-order valence-electron chi connectivity index (χ3n) is 5.18. The second-order valence-electron chi connectivity index (χ2n) is 6.85. The number of nitrogens with one attached hydrogen (secondary N) is 1. The highest BCUT2D eigenvalue weighted by atomic mass is 16.2. The van der Waals surface area contributed by atoms with Crippen molar-refractivity contribution in [2.24, 2.45) is 11.8 Å². The number of amides is 3. The summed E-state index contributed by atoms with van der Waals surface area (Å²) in [6.45, 7) is 3.02. The smallest absolute Gasteiger partial charge is 0.247 e. The molecular weight excluding hydrogens is 320 g/mol. The van der Waals surface area contributed by atoms with Gasteiger partial charge in [-0.25, -0.2) is 0 Å². The number of carbonyl (C=O) groups is 4. The minimum atomic E-state index is -0.869. The van der Waals surface area contributed by atoms with Crippen LogP contribution in [-0.2, 0) is 14.4 Å². The molecule has 1 aliphatic carbocycles. The van der Waals surface area contributed by atoms with E-state index in [1.54, 1.807) is 31.2 Å². The number of imide groups is 1. The summed E-state index contributed by atoms with van der Waals surface area (Å²) in [6, 6.07) is 5.73. The molecule has 25 heavy (non-hydrogen) atoms. The molecule has 132 valence electrons. The minimum Gasteiger partial charge on any atom is -0.324 e. The summed E-state index contributed by atoms with van der Waals surface area (Å²) in [6.07, 6.45) is 3.35. The first kappa shape index (κ1) is 17.3. The summed E-state index contributed by atoms with van der Waals surface area (Å²) in [5, 5.41) is 2.70. The molecule has 1 aliphatic heterocycles. The zero-order valence-electron chi connectivity index (χ0n) is 14.5. The summed E-state index contributed by atoms with van der Waals surface area (Å²) in [7, 11) is 0. The van der Waals surface area contributed by atoms with E-state index < -0.39 is 11.9 Å². The summed E-state index contributed by atoms with van der Waals surface area (Å²) in [5.74, 6) is -1.51. The van der Waals surface area contributed by atoms with Crippen LogP contribution in [0.1, 0.15) is 49.9 Å². The van der Waals surface area contributed by atoms with Crippen LogP contribution in [0.15, 0.2) is 24.3 Å². The van der Waals surface area contributed by atoms with Crippen molar-refractivity contribution < 1.29 is 19.2 Å². The van der Waals surface area contributed by atoms with Crippen LogP contribution in [0.25, 0.3) is 0 Å². The number of hydrogen-bond acceptors (Lipinski definition) is 4. The molecule has 6 nitrogen and oxygen atoms in total. The highest BCUT2D eigenvalue weighted by molar-refractivity contribution is 6.10. The average molecular weight is 342 g/mol. The highest BCUT2D eigenvalue weighted by Gasteiger charge is 2.50. The first-order valence-corrected chi connectivity index (χ1v) is 8.69. The number of fused-ring (bicyclic) bond motifs is 1. The van der Waals surface area contributed by atoms with Crippen molar-refractivity contribution in [2.75, 3.05) is 5.32 Å². The van der Waals surface area contributed by atoms with Crippen molar-refractivity contribution in [3.05, 3.63) is 29.8 Å². The van der Waals surface area contributed by atoms with Gasteiger partial charge in [0.2, 0.25) is 17.7 Å². The van der Waals surface area contributed by atoms with E-state index in [1.165, 1.54) is 6.92 Å². The summed E-state index contributed by atoms with van der Waals surface area (Å²) < 4.78 is 0. The van der Waals surface area contributed by atoms with Crippen LogP contribution in [-0.4, -0.2) is 34.4 Å². The van der Waals surface area contributed by atoms with Crippen LogP contribution in [0.3, 0.4) is 0 Å². The van der Waals surface area contributed by atoms with Gasteiger partial charge in [0.15, 0.2) is 5.78 Å². The Bertz CT molecular complexity index is 719. The highest BCUT2D eigenvalue weighted by Crippen LogP contribution is 2.38. The number of rotatable bonds is 4. The fourth-order valence-corrected chi connectivity index (χ4v) is 3.75. The number of ketones is 1. The number of anilines is 1. The van der Waals surface area contributed by atoms with Gasteiger partial charge >= 0.3 is 0 Å². The van der Waals surface area contributed by atoms with E-state index in [2.05, 4.69) is 5.32 Å². The first-order chi connectivity index (χ1) is 11.9. The summed E-state index contributed by atoms with van der Waals surface area (Å²) >= 11 is 0. The molecule has 2 fully saturated rings. The maximum atomic E-state index is 12.6. The van der Waals surface area contributed by atoms with Crippen molar-refractivity contribution in [2.45, 2.75) is 45.6 Å². The lowest BCUT2D eigenvalue weighted by Crippen LogP contribution is -2.46.